The van der Waals surface area contributed by atoms with E-state index in [2.05, 4.69) is 5.32 Å². The topological polar surface area (TPSA) is 72.2 Å². The molecule has 0 aromatic heterocycles. The minimum absolute atomic E-state index is 0.0371. The molecule has 0 aliphatic rings. The van der Waals surface area contributed by atoms with Crippen LogP contribution in [0, 0.1) is 0 Å². The molecule has 1 amide bonds. The molecule has 0 spiro atoms. The molecular weight excluding hydrogens is 308 g/mol. The lowest BCUT2D eigenvalue weighted by molar-refractivity contribution is -0.120. The van der Waals surface area contributed by atoms with Crippen molar-refractivity contribution >= 4 is 22.4 Å². The number of nitrogen functional groups attached to an aromatic ring is 1. The van der Waals surface area contributed by atoms with Crippen molar-refractivity contribution in [3.8, 4) is 0 Å². The molecule has 0 saturated heterocycles. The SMILES string of the molecule is Nc1ccccc1CCC(=O)NCCS(=O)Cc1ccccc1. The van der Waals surface area contributed by atoms with Crippen LogP contribution in [-0.2, 0) is 27.8 Å². The van der Waals surface area contributed by atoms with E-state index in [1.807, 2.05) is 54.6 Å². The van der Waals surface area contributed by atoms with Crippen molar-refractivity contribution in [2.75, 3.05) is 18.0 Å². The number of para-hydroxylation sites is 1. The third kappa shape index (κ3) is 6.24. The van der Waals surface area contributed by atoms with E-state index in [1.165, 1.54) is 0 Å². The maximum Gasteiger partial charge on any atom is 0.220 e. The van der Waals surface area contributed by atoms with Crippen LogP contribution in [-0.4, -0.2) is 22.4 Å². The lowest BCUT2D eigenvalue weighted by Gasteiger charge is -2.07. The molecule has 4 nitrogen and oxygen atoms in total. The van der Waals surface area contributed by atoms with Gasteiger partial charge in [-0.05, 0) is 23.6 Å². The van der Waals surface area contributed by atoms with Gasteiger partial charge in [-0.2, -0.15) is 0 Å². The first-order chi connectivity index (χ1) is 11.1. The van der Waals surface area contributed by atoms with E-state index in [1.54, 1.807) is 0 Å². The third-order valence-corrected chi connectivity index (χ3v) is 4.81. The van der Waals surface area contributed by atoms with Crippen molar-refractivity contribution in [2.45, 2.75) is 18.6 Å². The Balaban J connectivity index is 1.65. The molecule has 23 heavy (non-hydrogen) atoms. The van der Waals surface area contributed by atoms with Crippen LogP contribution in [0.25, 0.3) is 0 Å². The van der Waals surface area contributed by atoms with Crippen LogP contribution in [0.5, 0.6) is 0 Å². The third-order valence-electron chi connectivity index (χ3n) is 3.50. The van der Waals surface area contributed by atoms with Crippen LogP contribution in [0.1, 0.15) is 17.5 Å². The summed E-state index contributed by atoms with van der Waals surface area (Å²) >= 11 is 0. The number of rotatable bonds is 8. The number of anilines is 1. The summed E-state index contributed by atoms with van der Waals surface area (Å²) in [6.45, 7) is 0.433. The fourth-order valence-corrected chi connectivity index (χ4v) is 3.27. The molecule has 0 heterocycles. The molecule has 1 atom stereocenters. The zero-order chi connectivity index (χ0) is 16.5. The second-order valence-corrected chi connectivity index (χ2v) is 6.90. The highest BCUT2D eigenvalue weighted by Gasteiger charge is 2.06. The largest absolute Gasteiger partial charge is 0.399 e. The summed E-state index contributed by atoms with van der Waals surface area (Å²) in [5.74, 6) is 0.954. The number of nitrogens with two attached hydrogens (primary N) is 1. The Kier molecular flexibility index (Phi) is 6.81. The van der Waals surface area contributed by atoms with Gasteiger partial charge in [0, 0.05) is 41.0 Å². The van der Waals surface area contributed by atoms with Crippen LogP contribution in [0.4, 0.5) is 5.69 Å². The molecule has 3 N–H and O–H groups in total. The molecule has 0 radical (unpaired) electrons. The normalized spacial score (nSPS) is 11.8. The van der Waals surface area contributed by atoms with Gasteiger partial charge in [0.15, 0.2) is 0 Å². The average Bonchev–Trinajstić information content (AvgIpc) is 2.55. The van der Waals surface area contributed by atoms with E-state index in [9.17, 15) is 9.00 Å². The van der Waals surface area contributed by atoms with Crippen molar-refractivity contribution in [3.05, 3.63) is 65.7 Å². The van der Waals surface area contributed by atoms with E-state index < -0.39 is 10.8 Å². The van der Waals surface area contributed by atoms with E-state index in [4.69, 9.17) is 5.73 Å². The average molecular weight is 330 g/mol. The molecule has 2 rings (SSSR count). The summed E-state index contributed by atoms with van der Waals surface area (Å²) in [6.07, 6.45) is 1.01. The number of carbonyl (C=O) groups is 1. The second-order valence-electron chi connectivity index (χ2n) is 5.32. The van der Waals surface area contributed by atoms with E-state index in [0.29, 0.717) is 36.6 Å². The molecule has 5 heteroatoms. The van der Waals surface area contributed by atoms with Crippen molar-refractivity contribution in [2.24, 2.45) is 0 Å². The van der Waals surface area contributed by atoms with Gasteiger partial charge in [0.2, 0.25) is 5.91 Å². The summed E-state index contributed by atoms with van der Waals surface area (Å²) < 4.78 is 12.0. The van der Waals surface area contributed by atoms with Gasteiger partial charge < -0.3 is 11.1 Å². The zero-order valence-corrected chi connectivity index (χ0v) is 13.9. The van der Waals surface area contributed by atoms with Gasteiger partial charge in [-0.15, -0.1) is 0 Å². The quantitative estimate of drug-likeness (QED) is 0.729. The fraction of sp³-hybridized carbons (Fsp3) is 0.278. The molecule has 0 bridgehead atoms. The summed E-state index contributed by atoms with van der Waals surface area (Å²) in [5.41, 5.74) is 8.59. The Morgan fingerprint density at radius 2 is 1.74 bits per heavy atom. The Hall–Kier alpha value is -2.14. The summed E-state index contributed by atoms with van der Waals surface area (Å²) in [6, 6.07) is 17.3. The molecular formula is C18H22N2O2S. The number of nitrogens with one attached hydrogen (secondary N) is 1. The van der Waals surface area contributed by atoms with Gasteiger partial charge in [-0.1, -0.05) is 48.5 Å². The monoisotopic (exact) mass is 330 g/mol. The number of benzene rings is 2. The van der Waals surface area contributed by atoms with Gasteiger partial charge in [0.1, 0.15) is 0 Å². The zero-order valence-electron chi connectivity index (χ0n) is 13.0. The van der Waals surface area contributed by atoms with Crippen LogP contribution >= 0.6 is 0 Å². The highest BCUT2D eigenvalue weighted by molar-refractivity contribution is 7.84. The maximum atomic E-state index is 12.0. The predicted molar refractivity (Wildman–Crippen MR) is 95.3 cm³/mol. The lowest BCUT2D eigenvalue weighted by Crippen LogP contribution is -2.28. The van der Waals surface area contributed by atoms with Crippen molar-refractivity contribution in [3.63, 3.8) is 0 Å². The number of carbonyl (C=O) groups excluding carboxylic acids is 1. The lowest BCUT2D eigenvalue weighted by atomic mass is 10.1. The second kappa shape index (κ2) is 9.10. The van der Waals surface area contributed by atoms with Gasteiger partial charge in [0.25, 0.3) is 0 Å². The first-order valence-corrected chi connectivity index (χ1v) is 9.13. The summed E-state index contributed by atoms with van der Waals surface area (Å²) in [5, 5.41) is 2.82. The van der Waals surface area contributed by atoms with Crippen molar-refractivity contribution in [1.29, 1.82) is 0 Å². The molecule has 2 aromatic rings. The Morgan fingerprint density at radius 1 is 1.04 bits per heavy atom. The molecule has 0 aliphatic heterocycles. The first-order valence-electron chi connectivity index (χ1n) is 7.64. The Labute approximate surface area is 139 Å². The summed E-state index contributed by atoms with van der Waals surface area (Å²) in [4.78, 5) is 11.8. The highest BCUT2D eigenvalue weighted by Crippen LogP contribution is 2.12. The van der Waals surface area contributed by atoms with Crippen LogP contribution < -0.4 is 11.1 Å². The first kappa shape index (κ1) is 17.2. The number of hydrogen-bond donors (Lipinski definition) is 2. The summed E-state index contributed by atoms with van der Waals surface area (Å²) in [7, 11) is -0.966. The van der Waals surface area contributed by atoms with Gasteiger partial charge >= 0.3 is 0 Å². The van der Waals surface area contributed by atoms with E-state index in [-0.39, 0.29) is 5.91 Å². The molecule has 0 saturated carbocycles. The Bertz CT molecular complexity index is 659. The van der Waals surface area contributed by atoms with E-state index in [0.717, 1.165) is 11.1 Å². The van der Waals surface area contributed by atoms with Crippen molar-refractivity contribution < 1.29 is 9.00 Å². The van der Waals surface area contributed by atoms with Gasteiger partial charge in [-0.25, -0.2) is 0 Å². The van der Waals surface area contributed by atoms with Crippen molar-refractivity contribution in [1.82, 2.24) is 5.32 Å². The molecule has 122 valence electrons. The highest BCUT2D eigenvalue weighted by atomic mass is 32.2. The molecule has 0 aliphatic carbocycles. The number of aryl methyl sites for hydroxylation is 1. The molecule has 0 fully saturated rings. The maximum absolute atomic E-state index is 12.0. The predicted octanol–water partition coefficient (Wildman–Crippen LogP) is 2.27. The van der Waals surface area contributed by atoms with Gasteiger partial charge in [0.05, 0.1) is 0 Å². The van der Waals surface area contributed by atoms with Crippen LogP contribution in [0.3, 0.4) is 0 Å². The minimum atomic E-state index is -0.966. The number of amides is 1. The minimum Gasteiger partial charge on any atom is -0.399 e. The standard InChI is InChI=1S/C18H22N2O2S/c19-17-9-5-4-8-16(17)10-11-18(21)20-12-13-23(22)14-15-6-2-1-3-7-15/h1-9H,10-14,19H2,(H,20,21). The van der Waals surface area contributed by atoms with Crippen LogP contribution in [0.2, 0.25) is 0 Å². The molecule has 1 unspecified atom stereocenters. The van der Waals surface area contributed by atoms with Gasteiger partial charge in [-0.3, -0.25) is 9.00 Å². The molecule has 2 aromatic carbocycles. The smallest absolute Gasteiger partial charge is 0.220 e. The van der Waals surface area contributed by atoms with E-state index >= 15 is 0 Å². The fourth-order valence-electron chi connectivity index (χ4n) is 2.24. The number of hydrogen-bond acceptors (Lipinski definition) is 3. The van der Waals surface area contributed by atoms with Crippen LogP contribution in [0.15, 0.2) is 54.6 Å². The Morgan fingerprint density at radius 3 is 2.48 bits per heavy atom.